The molecule has 0 fully saturated rings. The number of nitrogens with zero attached hydrogens (tertiary/aromatic N) is 1. The Hall–Kier alpha value is -2.74. The molecule has 25 heavy (non-hydrogen) atoms. The van der Waals surface area contributed by atoms with Crippen molar-refractivity contribution in [3.63, 3.8) is 0 Å². The number of nitrogens with one attached hydrogen (secondary N) is 2. The molecule has 0 atom stereocenters. The van der Waals surface area contributed by atoms with E-state index in [0.29, 0.717) is 5.56 Å². The van der Waals surface area contributed by atoms with Crippen LogP contribution in [0.4, 0.5) is 5.69 Å². The van der Waals surface area contributed by atoms with E-state index in [0.717, 1.165) is 10.2 Å². The molecule has 2 aromatic carbocycles. The highest BCUT2D eigenvalue weighted by molar-refractivity contribution is 9.10. The fraction of sp³-hybridized carbons (Fsp3) is 0.176. The van der Waals surface area contributed by atoms with E-state index < -0.39 is 0 Å². The summed E-state index contributed by atoms with van der Waals surface area (Å²) in [4.78, 5) is 11.8. The van der Waals surface area contributed by atoms with Gasteiger partial charge in [0.1, 0.15) is 0 Å². The van der Waals surface area contributed by atoms with E-state index in [1.54, 1.807) is 12.1 Å². The van der Waals surface area contributed by atoms with Crippen molar-refractivity contribution in [1.29, 1.82) is 0 Å². The van der Waals surface area contributed by atoms with E-state index in [-0.39, 0.29) is 29.7 Å². The Morgan fingerprint density at radius 1 is 1.24 bits per heavy atom. The molecule has 0 spiro atoms. The van der Waals surface area contributed by atoms with Crippen molar-refractivity contribution in [3.8, 4) is 17.2 Å². The standard InChI is InChI=1S/C17H18BrN3O4/c1-24-14-6-11(7-15(25-2)17(14)23)9-20-21-16(22)10-19-13-5-3-4-12(18)8-13/h3-9,19,23H,10H2,1-2H3,(H,21,22)/b20-9-. The molecule has 0 aromatic heterocycles. The molecule has 0 aliphatic heterocycles. The van der Waals surface area contributed by atoms with Gasteiger partial charge < -0.3 is 19.9 Å². The van der Waals surface area contributed by atoms with Crippen LogP contribution in [0.25, 0.3) is 0 Å². The smallest absolute Gasteiger partial charge is 0.259 e. The summed E-state index contributed by atoms with van der Waals surface area (Å²) in [6, 6.07) is 10.6. The van der Waals surface area contributed by atoms with Crippen molar-refractivity contribution in [2.24, 2.45) is 5.10 Å². The van der Waals surface area contributed by atoms with Crippen molar-refractivity contribution in [3.05, 3.63) is 46.4 Å². The summed E-state index contributed by atoms with van der Waals surface area (Å²) in [5.41, 5.74) is 3.84. The number of hydrogen-bond acceptors (Lipinski definition) is 6. The first-order valence-electron chi connectivity index (χ1n) is 7.30. The topological polar surface area (TPSA) is 92.2 Å². The Morgan fingerprint density at radius 2 is 1.92 bits per heavy atom. The Bertz CT molecular complexity index is 755. The lowest BCUT2D eigenvalue weighted by Gasteiger charge is -2.09. The van der Waals surface area contributed by atoms with Gasteiger partial charge in [-0.2, -0.15) is 5.10 Å². The molecule has 3 N–H and O–H groups in total. The van der Waals surface area contributed by atoms with Crippen LogP contribution in [0.1, 0.15) is 5.56 Å². The summed E-state index contributed by atoms with van der Waals surface area (Å²) < 4.78 is 11.0. The number of carbonyl (C=O) groups is 1. The van der Waals surface area contributed by atoms with E-state index in [4.69, 9.17) is 9.47 Å². The molecule has 0 aliphatic carbocycles. The van der Waals surface area contributed by atoms with Crippen molar-refractivity contribution < 1.29 is 19.4 Å². The van der Waals surface area contributed by atoms with Crippen LogP contribution >= 0.6 is 15.9 Å². The number of methoxy groups -OCH3 is 2. The average molecular weight is 408 g/mol. The first-order chi connectivity index (χ1) is 12.0. The van der Waals surface area contributed by atoms with Crippen LogP contribution in [-0.4, -0.2) is 38.0 Å². The third-order valence-corrected chi connectivity index (χ3v) is 3.68. The quantitative estimate of drug-likeness (QED) is 0.484. The fourth-order valence-corrected chi connectivity index (χ4v) is 2.39. The highest BCUT2D eigenvalue weighted by atomic mass is 79.9. The van der Waals surface area contributed by atoms with E-state index in [1.165, 1.54) is 20.4 Å². The van der Waals surface area contributed by atoms with Crippen LogP contribution in [0.5, 0.6) is 17.2 Å². The van der Waals surface area contributed by atoms with Gasteiger partial charge >= 0.3 is 0 Å². The van der Waals surface area contributed by atoms with Gasteiger partial charge in [0.2, 0.25) is 5.75 Å². The van der Waals surface area contributed by atoms with Crippen LogP contribution in [0.15, 0.2) is 46.0 Å². The van der Waals surface area contributed by atoms with Gasteiger partial charge in [0.15, 0.2) is 11.5 Å². The minimum atomic E-state index is -0.297. The molecule has 0 radical (unpaired) electrons. The van der Waals surface area contributed by atoms with Crippen molar-refractivity contribution in [2.75, 3.05) is 26.1 Å². The summed E-state index contributed by atoms with van der Waals surface area (Å²) in [6.45, 7) is 0.0794. The maximum absolute atomic E-state index is 11.8. The maximum Gasteiger partial charge on any atom is 0.259 e. The molecule has 0 saturated heterocycles. The molecule has 0 bridgehead atoms. The highest BCUT2D eigenvalue weighted by Gasteiger charge is 2.10. The third kappa shape index (κ3) is 5.39. The SMILES string of the molecule is COc1cc(/C=N\NC(=O)CNc2cccc(Br)c2)cc(OC)c1O. The van der Waals surface area contributed by atoms with E-state index in [9.17, 15) is 9.90 Å². The molecule has 1 amide bonds. The minimum Gasteiger partial charge on any atom is -0.502 e. The summed E-state index contributed by atoms with van der Waals surface area (Å²) in [6.07, 6.45) is 1.43. The number of aromatic hydroxyl groups is 1. The number of amides is 1. The molecule has 2 aromatic rings. The van der Waals surface area contributed by atoms with E-state index in [2.05, 4.69) is 31.8 Å². The second-order valence-electron chi connectivity index (χ2n) is 4.93. The molecule has 132 valence electrons. The van der Waals surface area contributed by atoms with Crippen molar-refractivity contribution in [1.82, 2.24) is 5.43 Å². The molecule has 7 nitrogen and oxygen atoms in total. The molecular weight excluding hydrogens is 390 g/mol. The van der Waals surface area contributed by atoms with Gasteiger partial charge in [0.05, 0.1) is 27.0 Å². The molecule has 0 aliphatic rings. The van der Waals surface area contributed by atoms with E-state index >= 15 is 0 Å². The molecule has 0 saturated carbocycles. The average Bonchev–Trinajstić information content (AvgIpc) is 2.61. The number of benzene rings is 2. The number of halogens is 1. The molecule has 0 heterocycles. The zero-order valence-corrected chi connectivity index (χ0v) is 15.3. The molecule has 8 heteroatoms. The normalized spacial score (nSPS) is 10.5. The molecule has 2 rings (SSSR count). The molecular formula is C17H18BrN3O4. The lowest BCUT2D eigenvalue weighted by atomic mass is 10.2. The zero-order valence-electron chi connectivity index (χ0n) is 13.7. The minimum absolute atomic E-state index is 0.0794. The number of hydrogen-bond donors (Lipinski definition) is 3. The number of phenols is 1. The van der Waals surface area contributed by atoms with Gasteiger partial charge in [-0.15, -0.1) is 0 Å². The summed E-state index contributed by atoms with van der Waals surface area (Å²) >= 11 is 3.36. The van der Waals surface area contributed by atoms with Crippen molar-refractivity contribution in [2.45, 2.75) is 0 Å². The van der Waals surface area contributed by atoms with Crippen LogP contribution in [0.3, 0.4) is 0 Å². The first-order valence-corrected chi connectivity index (χ1v) is 8.09. The predicted octanol–water partition coefficient (Wildman–Crippen LogP) is 2.73. The number of ether oxygens (including phenoxy) is 2. The second kappa shape index (κ2) is 8.93. The van der Waals surface area contributed by atoms with Crippen LogP contribution < -0.4 is 20.2 Å². The third-order valence-electron chi connectivity index (χ3n) is 3.18. The lowest BCUT2D eigenvalue weighted by Crippen LogP contribution is -2.25. The van der Waals surface area contributed by atoms with Gasteiger partial charge in [-0.25, -0.2) is 5.43 Å². The lowest BCUT2D eigenvalue weighted by molar-refractivity contribution is -0.119. The fourth-order valence-electron chi connectivity index (χ4n) is 1.99. The van der Waals surface area contributed by atoms with Crippen LogP contribution in [0, 0.1) is 0 Å². The Balaban J connectivity index is 1.93. The monoisotopic (exact) mass is 407 g/mol. The number of rotatable bonds is 7. The van der Waals surface area contributed by atoms with Crippen LogP contribution in [0.2, 0.25) is 0 Å². The Kier molecular flexibility index (Phi) is 6.64. The predicted molar refractivity (Wildman–Crippen MR) is 99.6 cm³/mol. The molecule has 0 unspecified atom stereocenters. The second-order valence-corrected chi connectivity index (χ2v) is 5.85. The number of hydrazone groups is 1. The number of carbonyl (C=O) groups excluding carboxylic acids is 1. The Labute approximate surface area is 153 Å². The number of phenolic OH excluding ortho intramolecular Hbond substituents is 1. The largest absolute Gasteiger partial charge is 0.502 e. The van der Waals surface area contributed by atoms with Gasteiger partial charge in [0, 0.05) is 15.7 Å². The number of anilines is 1. The summed E-state index contributed by atoms with van der Waals surface area (Å²) in [5, 5.41) is 16.7. The van der Waals surface area contributed by atoms with Crippen LogP contribution in [-0.2, 0) is 4.79 Å². The highest BCUT2D eigenvalue weighted by Crippen LogP contribution is 2.36. The van der Waals surface area contributed by atoms with Crippen molar-refractivity contribution >= 4 is 33.7 Å². The van der Waals surface area contributed by atoms with Gasteiger partial charge in [-0.3, -0.25) is 4.79 Å². The summed E-state index contributed by atoms with van der Waals surface area (Å²) in [5.74, 6) is 0.116. The zero-order chi connectivity index (χ0) is 18.2. The summed E-state index contributed by atoms with van der Waals surface area (Å²) in [7, 11) is 2.87. The van der Waals surface area contributed by atoms with Gasteiger partial charge in [-0.1, -0.05) is 22.0 Å². The first kappa shape index (κ1) is 18.6. The van der Waals surface area contributed by atoms with E-state index in [1.807, 2.05) is 24.3 Å². The van der Waals surface area contributed by atoms with Gasteiger partial charge in [0.25, 0.3) is 5.91 Å². The maximum atomic E-state index is 11.8. The Morgan fingerprint density at radius 3 is 2.52 bits per heavy atom. The van der Waals surface area contributed by atoms with Gasteiger partial charge in [-0.05, 0) is 30.3 Å².